The minimum atomic E-state index is -4.12. The first kappa shape index (κ1) is 21.5. The van der Waals surface area contributed by atoms with Gasteiger partial charge in [0.05, 0.1) is 18.6 Å². The number of aryl methyl sites for hydroxylation is 1. The van der Waals surface area contributed by atoms with Crippen LogP contribution < -0.4 is 0 Å². The van der Waals surface area contributed by atoms with Crippen molar-refractivity contribution in [3.8, 4) is 11.8 Å². The summed E-state index contributed by atoms with van der Waals surface area (Å²) in [7, 11) is -2.93. The number of carbonyl (C=O) groups excluding carboxylic acids is 2. The maximum Gasteiger partial charge on any atom is 0.424 e. The van der Waals surface area contributed by atoms with E-state index in [0.29, 0.717) is 4.31 Å². The summed E-state index contributed by atoms with van der Waals surface area (Å²) >= 11 is 0. The SMILES string of the molecule is COC(=O)C#CCCN(C(=O)OC(C)(C)C)S(=O)(=O)c1ccc(C)cc1. The molecule has 0 unspecified atom stereocenters. The normalized spacial score (nSPS) is 11.1. The van der Waals surface area contributed by atoms with Gasteiger partial charge in [0.2, 0.25) is 0 Å². The molecule has 0 aliphatic heterocycles. The number of methoxy groups -OCH3 is 1. The summed E-state index contributed by atoms with van der Waals surface area (Å²) in [6, 6.07) is 6.11. The van der Waals surface area contributed by atoms with Crippen LogP contribution in [-0.2, 0) is 24.3 Å². The van der Waals surface area contributed by atoms with E-state index in [2.05, 4.69) is 16.6 Å². The molecule has 142 valence electrons. The Morgan fingerprint density at radius 1 is 1.15 bits per heavy atom. The lowest BCUT2D eigenvalue weighted by atomic mass is 10.2. The predicted molar refractivity (Wildman–Crippen MR) is 95.7 cm³/mol. The first-order valence-electron chi connectivity index (χ1n) is 7.86. The van der Waals surface area contributed by atoms with E-state index in [0.717, 1.165) is 5.56 Å². The summed E-state index contributed by atoms with van der Waals surface area (Å²) in [4.78, 5) is 23.4. The first-order valence-corrected chi connectivity index (χ1v) is 9.30. The van der Waals surface area contributed by atoms with Crippen molar-refractivity contribution in [1.29, 1.82) is 0 Å². The van der Waals surface area contributed by atoms with Crippen molar-refractivity contribution in [1.82, 2.24) is 4.31 Å². The monoisotopic (exact) mass is 381 g/mol. The van der Waals surface area contributed by atoms with E-state index in [1.165, 1.54) is 19.2 Å². The lowest BCUT2D eigenvalue weighted by Gasteiger charge is -2.26. The highest BCUT2D eigenvalue weighted by Gasteiger charge is 2.32. The largest absolute Gasteiger partial charge is 0.459 e. The number of benzene rings is 1. The molecule has 0 bridgehead atoms. The highest BCUT2D eigenvalue weighted by Crippen LogP contribution is 2.20. The van der Waals surface area contributed by atoms with Crippen LogP contribution >= 0.6 is 0 Å². The molecule has 1 rings (SSSR count). The molecule has 0 heterocycles. The van der Waals surface area contributed by atoms with Gasteiger partial charge in [-0.3, -0.25) is 0 Å². The molecule has 1 aromatic rings. The molecule has 8 heteroatoms. The van der Waals surface area contributed by atoms with Crippen molar-refractivity contribution >= 4 is 22.1 Å². The molecule has 7 nitrogen and oxygen atoms in total. The van der Waals surface area contributed by atoms with Gasteiger partial charge in [0.25, 0.3) is 10.0 Å². The van der Waals surface area contributed by atoms with Crippen molar-refractivity contribution in [2.75, 3.05) is 13.7 Å². The van der Waals surface area contributed by atoms with Gasteiger partial charge in [0, 0.05) is 12.3 Å². The van der Waals surface area contributed by atoms with E-state index in [4.69, 9.17) is 4.74 Å². The molecule has 1 amide bonds. The number of hydrogen-bond acceptors (Lipinski definition) is 6. The Bertz CT molecular complexity index is 810. The van der Waals surface area contributed by atoms with E-state index < -0.39 is 27.7 Å². The van der Waals surface area contributed by atoms with Crippen molar-refractivity contribution in [2.24, 2.45) is 0 Å². The number of esters is 1. The maximum atomic E-state index is 12.8. The zero-order valence-corrected chi connectivity index (χ0v) is 16.3. The number of sulfonamides is 1. The minimum Gasteiger partial charge on any atom is -0.459 e. The fourth-order valence-electron chi connectivity index (χ4n) is 1.80. The highest BCUT2D eigenvalue weighted by molar-refractivity contribution is 7.89. The molecule has 0 spiro atoms. The lowest BCUT2D eigenvalue weighted by Crippen LogP contribution is -2.41. The molecule has 0 aliphatic rings. The molecule has 0 saturated heterocycles. The van der Waals surface area contributed by atoms with Gasteiger partial charge in [0.15, 0.2) is 0 Å². The Morgan fingerprint density at radius 3 is 2.23 bits per heavy atom. The zero-order valence-electron chi connectivity index (χ0n) is 15.5. The second-order valence-corrected chi connectivity index (χ2v) is 8.28. The smallest absolute Gasteiger partial charge is 0.424 e. The van der Waals surface area contributed by atoms with Crippen LogP contribution in [0.4, 0.5) is 4.79 Å². The molecule has 0 aliphatic carbocycles. The van der Waals surface area contributed by atoms with Crippen LogP contribution in [0, 0.1) is 18.8 Å². The number of nitrogens with zero attached hydrogens (tertiary/aromatic N) is 1. The van der Waals surface area contributed by atoms with Crippen molar-refractivity contribution < 1.29 is 27.5 Å². The highest BCUT2D eigenvalue weighted by atomic mass is 32.2. The van der Waals surface area contributed by atoms with Gasteiger partial charge < -0.3 is 9.47 Å². The molecule has 0 radical (unpaired) electrons. The molecule has 0 aromatic heterocycles. The average Bonchev–Trinajstić information content (AvgIpc) is 2.52. The fraction of sp³-hybridized carbons (Fsp3) is 0.444. The Labute approximate surface area is 154 Å². The van der Waals surface area contributed by atoms with Crippen molar-refractivity contribution in [2.45, 2.75) is 44.6 Å². The number of amides is 1. The summed E-state index contributed by atoms with van der Waals surface area (Å²) in [6.45, 7) is 6.48. The van der Waals surface area contributed by atoms with E-state index in [-0.39, 0.29) is 17.9 Å². The van der Waals surface area contributed by atoms with Gasteiger partial charge in [0.1, 0.15) is 5.60 Å². The van der Waals surface area contributed by atoms with Gasteiger partial charge in [-0.15, -0.1) is 0 Å². The van der Waals surface area contributed by atoms with Crippen LogP contribution in [0.25, 0.3) is 0 Å². The Hall–Kier alpha value is -2.53. The average molecular weight is 381 g/mol. The summed E-state index contributed by atoms with van der Waals surface area (Å²) in [5.41, 5.74) is 0.0206. The van der Waals surface area contributed by atoms with E-state index >= 15 is 0 Å². The van der Waals surface area contributed by atoms with E-state index in [1.807, 2.05) is 6.92 Å². The van der Waals surface area contributed by atoms with Gasteiger partial charge >= 0.3 is 12.1 Å². The topological polar surface area (TPSA) is 90.0 Å². The third-order valence-electron chi connectivity index (χ3n) is 3.02. The second kappa shape index (κ2) is 8.72. The van der Waals surface area contributed by atoms with Crippen molar-refractivity contribution in [3.63, 3.8) is 0 Å². The zero-order chi connectivity index (χ0) is 20.0. The van der Waals surface area contributed by atoms with Crippen molar-refractivity contribution in [3.05, 3.63) is 29.8 Å². The van der Waals surface area contributed by atoms with Crippen LogP contribution in [0.1, 0.15) is 32.8 Å². The first-order chi connectivity index (χ1) is 12.0. The fourth-order valence-corrected chi connectivity index (χ4v) is 3.10. The molecule has 1 aromatic carbocycles. The third-order valence-corrected chi connectivity index (χ3v) is 4.80. The van der Waals surface area contributed by atoms with Crippen LogP contribution in [0.15, 0.2) is 29.2 Å². The number of hydrogen-bond donors (Lipinski definition) is 0. The third kappa shape index (κ3) is 6.41. The lowest BCUT2D eigenvalue weighted by molar-refractivity contribution is -0.133. The molecule has 0 atom stereocenters. The summed E-state index contributed by atoms with van der Waals surface area (Å²) in [6.07, 6.45) is -1.04. The maximum absolute atomic E-state index is 12.8. The molecule has 26 heavy (non-hydrogen) atoms. The minimum absolute atomic E-state index is 0.0325. The van der Waals surface area contributed by atoms with Crippen LogP contribution in [0.5, 0.6) is 0 Å². The van der Waals surface area contributed by atoms with E-state index in [1.54, 1.807) is 32.9 Å². The van der Waals surface area contributed by atoms with Gasteiger partial charge in [-0.05, 0) is 39.8 Å². The molecular weight excluding hydrogens is 358 g/mol. The second-order valence-electron chi connectivity index (χ2n) is 6.41. The van der Waals surface area contributed by atoms with Crippen LogP contribution in [0.2, 0.25) is 0 Å². The van der Waals surface area contributed by atoms with Gasteiger partial charge in [-0.1, -0.05) is 23.6 Å². The Balaban J connectivity index is 3.13. The summed E-state index contributed by atoms with van der Waals surface area (Å²) in [5.74, 6) is 3.93. The Kier molecular flexibility index (Phi) is 7.21. The number of carbonyl (C=O) groups is 2. The summed E-state index contributed by atoms with van der Waals surface area (Å²) in [5, 5.41) is 0. The standard InChI is InChI=1S/C18H23NO6S/c1-14-9-11-15(12-10-14)26(22,23)19(17(21)25-18(2,3)4)13-7-6-8-16(20)24-5/h9-12H,7,13H2,1-5H3. The summed E-state index contributed by atoms with van der Waals surface area (Å²) < 4.78 is 35.9. The Morgan fingerprint density at radius 2 is 1.73 bits per heavy atom. The molecule has 0 fully saturated rings. The molecule has 0 saturated carbocycles. The molecule has 0 N–H and O–H groups in total. The number of ether oxygens (including phenoxy) is 2. The van der Waals surface area contributed by atoms with Crippen LogP contribution in [0.3, 0.4) is 0 Å². The van der Waals surface area contributed by atoms with E-state index in [9.17, 15) is 18.0 Å². The van der Waals surface area contributed by atoms with Crippen LogP contribution in [-0.4, -0.2) is 44.0 Å². The predicted octanol–water partition coefficient (Wildman–Crippen LogP) is 2.49. The number of rotatable bonds is 4. The van der Waals surface area contributed by atoms with Gasteiger partial charge in [-0.2, -0.15) is 4.31 Å². The van der Waals surface area contributed by atoms with Gasteiger partial charge in [-0.25, -0.2) is 18.0 Å². The molecular formula is C18H23NO6S. The quantitative estimate of drug-likeness (QED) is 0.452.